The number of amides is 2. The monoisotopic (exact) mass is 461 g/mol. The summed E-state index contributed by atoms with van der Waals surface area (Å²) < 4.78 is 13.2. The second-order valence-electron chi connectivity index (χ2n) is 10.7. The third kappa shape index (κ3) is 4.12. The number of hydrogen-bond donors (Lipinski definition) is 3. The van der Waals surface area contributed by atoms with E-state index in [-0.39, 0.29) is 46.7 Å². The molecule has 2 saturated carbocycles. The topological polar surface area (TPSA) is 93.1 Å². The van der Waals surface area contributed by atoms with E-state index >= 15 is 0 Å². The van der Waals surface area contributed by atoms with Crippen molar-refractivity contribution in [1.29, 1.82) is 0 Å². The van der Waals surface area contributed by atoms with Gasteiger partial charge in [-0.25, -0.2) is 4.39 Å². The van der Waals surface area contributed by atoms with E-state index in [2.05, 4.69) is 31.0 Å². The lowest BCUT2D eigenvalue weighted by atomic mass is 9.70. The van der Waals surface area contributed by atoms with Crippen LogP contribution in [0.25, 0.3) is 0 Å². The molecule has 7 nitrogen and oxygen atoms in total. The fraction of sp³-hybridized carbons (Fsp3) is 0.680. The maximum atomic E-state index is 13.2. The molecule has 4 unspecified atom stereocenters. The van der Waals surface area contributed by atoms with Crippen molar-refractivity contribution in [2.75, 3.05) is 37.7 Å². The lowest BCUT2D eigenvalue weighted by molar-refractivity contribution is -0.138. The predicted molar refractivity (Wildman–Crippen MR) is 123 cm³/mol. The third-order valence-electron chi connectivity index (χ3n) is 8.97. The standard InChI is InChI=1S/C25H36FN3O4/c1-24(2)19-8-9-25(24,3)22(32)18(19)14-21(31)27-20(15-30)23(33)29-12-10-28(11-13-29)17-6-4-16(26)5-7-17/h4-7,18-20,22,30,32H,8-15H2,1-3H3,(H,27,31)/t18?,19?,20-,22?,25?/m0/s1. The Bertz CT molecular complexity index is 884. The van der Waals surface area contributed by atoms with Crippen LogP contribution in [0.15, 0.2) is 24.3 Å². The van der Waals surface area contributed by atoms with Gasteiger partial charge in [0, 0.05) is 38.3 Å². The number of fused-ring (bicyclic) bond motifs is 2. The molecular formula is C25H36FN3O4. The Morgan fingerprint density at radius 2 is 1.79 bits per heavy atom. The van der Waals surface area contributed by atoms with E-state index in [1.807, 2.05) is 0 Å². The van der Waals surface area contributed by atoms with Crippen LogP contribution in [0.5, 0.6) is 0 Å². The summed E-state index contributed by atoms with van der Waals surface area (Å²) in [6.45, 7) is 8.09. The van der Waals surface area contributed by atoms with E-state index in [9.17, 15) is 24.2 Å². The van der Waals surface area contributed by atoms with Crippen LogP contribution in [0.4, 0.5) is 10.1 Å². The molecule has 1 aromatic rings. The molecule has 4 rings (SSSR count). The third-order valence-corrected chi connectivity index (χ3v) is 8.97. The summed E-state index contributed by atoms with van der Waals surface area (Å²) in [5, 5.41) is 23.5. The predicted octanol–water partition coefficient (Wildman–Crippen LogP) is 1.77. The van der Waals surface area contributed by atoms with Crippen LogP contribution in [0.1, 0.15) is 40.0 Å². The highest BCUT2D eigenvalue weighted by Gasteiger charge is 2.65. The van der Waals surface area contributed by atoms with Crippen LogP contribution in [0, 0.1) is 28.5 Å². The molecule has 2 amide bonds. The molecule has 1 aromatic carbocycles. The van der Waals surface area contributed by atoms with Crippen LogP contribution < -0.4 is 10.2 Å². The van der Waals surface area contributed by atoms with Crippen molar-refractivity contribution in [2.24, 2.45) is 22.7 Å². The van der Waals surface area contributed by atoms with Crippen molar-refractivity contribution in [3.05, 3.63) is 30.1 Å². The first-order valence-corrected chi connectivity index (χ1v) is 12.0. The summed E-state index contributed by atoms with van der Waals surface area (Å²) in [6, 6.07) is 5.27. The minimum atomic E-state index is -0.991. The molecular weight excluding hydrogens is 425 g/mol. The number of rotatable bonds is 6. The van der Waals surface area contributed by atoms with Gasteiger partial charge in [0.1, 0.15) is 11.9 Å². The van der Waals surface area contributed by atoms with Crippen molar-refractivity contribution in [3.8, 4) is 0 Å². The van der Waals surface area contributed by atoms with Gasteiger partial charge in [-0.15, -0.1) is 0 Å². The summed E-state index contributed by atoms with van der Waals surface area (Å²) in [5.74, 6) is -0.753. The lowest BCUT2D eigenvalue weighted by Gasteiger charge is -2.38. The molecule has 1 saturated heterocycles. The SMILES string of the molecule is CC1(C)C2CCC1(C)C(O)C2CC(=O)N[C@@H](CO)C(=O)N1CCN(c2ccc(F)cc2)CC1. The quantitative estimate of drug-likeness (QED) is 0.601. The van der Waals surface area contributed by atoms with Gasteiger partial charge >= 0.3 is 0 Å². The number of nitrogens with one attached hydrogen (secondary N) is 1. The van der Waals surface area contributed by atoms with Gasteiger partial charge in [0.15, 0.2) is 0 Å². The zero-order valence-electron chi connectivity index (χ0n) is 19.8. The normalized spacial score (nSPS) is 31.5. The van der Waals surface area contributed by atoms with Crippen LogP contribution in [-0.2, 0) is 9.59 Å². The fourth-order valence-corrected chi connectivity index (χ4v) is 6.50. The zero-order valence-corrected chi connectivity index (χ0v) is 19.8. The molecule has 0 aromatic heterocycles. The maximum absolute atomic E-state index is 13.2. The summed E-state index contributed by atoms with van der Waals surface area (Å²) in [4.78, 5) is 29.5. The van der Waals surface area contributed by atoms with Gasteiger partial charge in [0.2, 0.25) is 11.8 Å². The Morgan fingerprint density at radius 3 is 2.33 bits per heavy atom. The largest absolute Gasteiger partial charge is 0.394 e. The van der Waals surface area contributed by atoms with Crippen molar-refractivity contribution in [2.45, 2.75) is 52.2 Å². The van der Waals surface area contributed by atoms with Crippen LogP contribution in [-0.4, -0.2) is 71.9 Å². The summed E-state index contributed by atoms with van der Waals surface area (Å²) in [5.41, 5.74) is 0.670. The van der Waals surface area contributed by atoms with E-state index in [0.29, 0.717) is 26.2 Å². The first kappa shape index (κ1) is 24.0. The van der Waals surface area contributed by atoms with Gasteiger partial charge in [-0.2, -0.15) is 0 Å². The number of aliphatic hydroxyl groups excluding tert-OH is 2. The van der Waals surface area contributed by atoms with Crippen LogP contribution >= 0.6 is 0 Å². The number of piperazine rings is 1. The van der Waals surface area contributed by atoms with Gasteiger partial charge < -0.3 is 25.3 Å². The van der Waals surface area contributed by atoms with Gasteiger partial charge in [-0.1, -0.05) is 20.8 Å². The summed E-state index contributed by atoms with van der Waals surface area (Å²) in [6.07, 6.45) is 1.58. The number of anilines is 1. The molecule has 3 N–H and O–H groups in total. The Hall–Kier alpha value is -2.19. The Morgan fingerprint density at radius 1 is 1.15 bits per heavy atom. The minimum absolute atomic E-state index is 0.0340. The van der Waals surface area contributed by atoms with Crippen molar-refractivity contribution >= 4 is 17.5 Å². The molecule has 0 spiro atoms. The second kappa shape index (κ2) is 8.87. The summed E-state index contributed by atoms with van der Waals surface area (Å²) in [7, 11) is 0. The van der Waals surface area contributed by atoms with Crippen LogP contribution in [0.2, 0.25) is 0 Å². The molecule has 8 heteroatoms. The first-order valence-electron chi connectivity index (χ1n) is 12.0. The number of halogens is 1. The minimum Gasteiger partial charge on any atom is -0.394 e. The van der Waals surface area contributed by atoms with Gasteiger partial charge in [0.25, 0.3) is 0 Å². The van der Waals surface area contributed by atoms with Crippen molar-refractivity contribution in [3.63, 3.8) is 0 Å². The van der Waals surface area contributed by atoms with E-state index in [1.54, 1.807) is 17.0 Å². The second-order valence-corrected chi connectivity index (χ2v) is 10.7. The maximum Gasteiger partial charge on any atom is 0.247 e. The van der Waals surface area contributed by atoms with Crippen molar-refractivity contribution in [1.82, 2.24) is 10.2 Å². The molecule has 182 valence electrons. The molecule has 2 aliphatic carbocycles. The highest BCUT2D eigenvalue weighted by molar-refractivity contribution is 5.88. The number of aliphatic hydroxyl groups is 2. The Kier molecular flexibility index (Phi) is 6.44. The molecule has 3 fully saturated rings. The zero-order chi connectivity index (χ0) is 24.0. The number of carbonyl (C=O) groups is 2. The first-order chi connectivity index (χ1) is 15.6. The summed E-state index contributed by atoms with van der Waals surface area (Å²) >= 11 is 0. The molecule has 1 heterocycles. The van der Waals surface area contributed by atoms with Gasteiger partial charge in [0.05, 0.1) is 12.7 Å². The van der Waals surface area contributed by atoms with E-state index < -0.39 is 18.8 Å². The smallest absolute Gasteiger partial charge is 0.247 e. The number of benzene rings is 1. The van der Waals surface area contributed by atoms with Gasteiger partial charge in [-0.05, 0) is 59.8 Å². The average Bonchev–Trinajstić information content (AvgIpc) is 3.11. The highest BCUT2D eigenvalue weighted by Crippen LogP contribution is 2.68. The Labute approximate surface area is 194 Å². The number of carbonyl (C=O) groups excluding carboxylic acids is 2. The van der Waals surface area contributed by atoms with E-state index in [4.69, 9.17) is 0 Å². The average molecular weight is 462 g/mol. The fourth-order valence-electron chi connectivity index (χ4n) is 6.50. The molecule has 1 aliphatic heterocycles. The molecule has 33 heavy (non-hydrogen) atoms. The number of hydrogen-bond acceptors (Lipinski definition) is 5. The molecule has 2 bridgehead atoms. The molecule has 5 atom stereocenters. The van der Waals surface area contributed by atoms with Gasteiger partial charge in [-0.3, -0.25) is 9.59 Å². The van der Waals surface area contributed by atoms with E-state index in [0.717, 1.165) is 18.5 Å². The Balaban J connectivity index is 1.31. The lowest BCUT2D eigenvalue weighted by Crippen LogP contribution is -2.56. The van der Waals surface area contributed by atoms with Crippen LogP contribution in [0.3, 0.4) is 0 Å². The highest BCUT2D eigenvalue weighted by atomic mass is 19.1. The van der Waals surface area contributed by atoms with Crippen molar-refractivity contribution < 1.29 is 24.2 Å². The number of nitrogens with zero attached hydrogens (tertiary/aromatic N) is 2. The molecule has 0 radical (unpaired) electrons. The molecule has 3 aliphatic rings. The van der Waals surface area contributed by atoms with E-state index in [1.165, 1.54) is 12.1 Å².